The molecule has 0 saturated carbocycles. The molecule has 8 heteroatoms. The van der Waals surface area contributed by atoms with Gasteiger partial charge in [-0.1, -0.05) is 42.5 Å². The highest BCUT2D eigenvalue weighted by molar-refractivity contribution is 7.91. The van der Waals surface area contributed by atoms with Crippen LogP contribution < -0.4 is 0 Å². The molecule has 1 amide bonds. The molecule has 0 unspecified atom stereocenters. The van der Waals surface area contributed by atoms with Crippen molar-refractivity contribution in [2.24, 2.45) is 0 Å². The Hall–Kier alpha value is -2.19. The van der Waals surface area contributed by atoms with Gasteiger partial charge >= 0.3 is 0 Å². The lowest BCUT2D eigenvalue weighted by Crippen LogP contribution is -2.42. The van der Waals surface area contributed by atoms with Gasteiger partial charge in [-0.05, 0) is 36.1 Å². The van der Waals surface area contributed by atoms with Crippen LogP contribution in [0.5, 0.6) is 0 Å². The lowest BCUT2D eigenvalue weighted by Gasteiger charge is -2.32. The van der Waals surface area contributed by atoms with Gasteiger partial charge in [0.25, 0.3) is 5.91 Å². The normalized spacial score (nSPS) is 16.0. The molecule has 156 valence electrons. The first kappa shape index (κ1) is 21.5. The van der Waals surface area contributed by atoms with E-state index in [9.17, 15) is 21.6 Å². The van der Waals surface area contributed by atoms with Gasteiger partial charge in [0, 0.05) is 24.9 Å². The van der Waals surface area contributed by atoms with Crippen LogP contribution in [-0.4, -0.2) is 52.2 Å². The molecule has 6 nitrogen and oxygen atoms in total. The molecule has 0 N–H and O–H groups in total. The minimum atomic E-state index is -3.27. The molecule has 2 aromatic rings. The van der Waals surface area contributed by atoms with E-state index in [0.29, 0.717) is 37.1 Å². The number of carbonyl (C=O) groups is 1. The van der Waals surface area contributed by atoms with Gasteiger partial charge < -0.3 is 4.90 Å². The Kier molecular flexibility index (Phi) is 6.43. The summed E-state index contributed by atoms with van der Waals surface area (Å²) >= 11 is 0. The monoisotopic (exact) mass is 435 g/mol. The Morgan fingerprint density at radius 3 is 1.97 bits per heavy atom. The van der Waals surface area contributed by atoms with Crippen LogP contribution in [0.15, 0.2) is 54.6 Å². The van der Waals surface area contributed by atoms with Crippen molar-refractivity contribution in [3.63, 3.8) is 0 Å². The smallest absolute Gasteiger partial charge is 0.253 e. The van der Waals surface area contributed by atoms with E-state index in [4.69, 9.17) is 0 Å². The van der Waals surface area contributed by atoms with Gasteiger partial charge in [-0.2, -0.15) is 0 Å². The summed E-state index contributed by atoms with van der Waals surface area (Å²) in [5.74, 6) is -0.199. The SMILES string of the molecule is CS(=O)(=O)Cc1ccc(C(=O)N2CCC(S(=O)(=O)Cc3ccccc3)CC2)cc1. The van der Waals surface area contributed by atoms with Crippen molar-refractivity contribution in [1.82, 2.24) is 4.90 Å². The molecule has 3 rings (SSSR count). The lowest BCUT2D eigenvalue weighted by molar-refractivity contribution is 0.0725. The first-order valence-corrected chi connectivity index (χ1v) is 13.2. The second kappa shape index (κ2) is 8.67. The highest BCUT2D eigenvalue weighted by Crippen LogP contribution is 2.23. The van der Waals surface area contributed by atoms with E-state index in [2.05, 4.69) is 0 Å². The quantitative estimate of drug-likeness (QED) is 0.695. The van der Waals surface area contributed by atoms with Crippen LogP contribution in [0.2, 0.25) is 0 Å². The Morgan fingerprint density at radius 2 is 1.41 bits per heavy atom. The summed E-state index contributed by atoms with van der Waals surface area (Å²) < 4.78 is 48.1. The van der Waals surface area contributed by atoms with Crippen molar-refractivity contribution in [2.45, 2.75) is 29.6 Å². The summed E-state index contributed by atoms with van der Waals surface area (Å²) in [7, 11) is -6.39. The van der Waals surface area contributed by atoms with Crippen LogP contribution in [-0.2, 0) is 31.2 Å². The molecule has 0 spiro atoms. The molecule has 1 heterocycles. The van der Waals surface area contributed by atoms with Gasteiger partial charge in [-0.15, -0.1) is 0 Å². The van der Waals surface area contributed by atoms with Crippen LogP contribution in [0.4, 0.5) is 0 Å². The summed E-state index contributed by atoms with van der Waals surface area (Å²) in [6.07, 6.45) is 2.02. The van der Waals surface area contributed by atoms with E-state index in [0.717, 1.165) is 5.56 Å². The van der Waals surface area contributed by atoms with E-state index >= 15 is 0 Å². The molecule has 29 heavy (non-hydrogen) atoms. The number of likely N-dealkylation sites (tertiary alicyclic amines) is 1. The summed E-state index contributed by atoms with van der Waals surface area (Å²) in [6, 6.07) is 15.7. The summed E-state index contributed by atoms with van der Waals surface area (Å²) in [5, 5.41) is -0.441. The van der Waals surface area contributed by atoms with Crippen LogP contribution in [0, 0.1) is 0 Å². The first-order chi connectivity index (χ1) is 13.6. The average molecular weight is 436 g/mol. The maximum absolute atomic E-state index is 12.7. The van der Waals surface area contributed by atoms with E-state index < -0.39 is 24.9 Å². The van der Waals surface area contributed by atoms with Crippen LogP contribution in [0.25, 0.3) is 0 Å². The zero-order valence-corrected chi connectivity index (χ0v) is 18.0. The molecule has 0 radical (unpaired) electrons. The van der Waals surface area contributed by atoms with Crippen molar-refractivity contribution >= 4 is 25.6 Å². The van der Waals surface area contributed by atoms with Crippen molar-refractivity contribution in [2.75, 3.05) is 19.3 Å². The molecule has 1 aliphatic rings. The van der Waals surface area contributed by atoms with Gasteiger partial charge in [-0.3, -0.25) is 4.79 Å². The minimum absolute atomic E-state index is 0.0221. The maximum atomic E-state index is 12.7. The molecule has 1 aliphatic heterocycles. The highest BCUT2D eigenvalue weighted by atomic mass is 32.2. The van der Waals surface area contributed by atoms with Crippen molar-refractivity contribution in [3.05, 3.63) is 71.3 Å². The Morgan fingerprint density at radius 1 is 0.862 bits per heavy atom. The third-order valence-electron chi connectivity index (χ3n) is 5.08. The predicted octanol–water partition coefficient (Wildman–Crippen LogP) is 2.45. The zero-order chi connectivity index (χ0) is 21.1. The second-order valence-corrected chi connectivity index (χ2v) is 12.0. The molecule has 0 aromatic heterocycles. The maximum Gasteiger partial charge on any atom is 0.253 e. The number of hydrogen-bond acceptors (Lipinski definition) is 5. The molecule has 0 atom stereocenters. The van der Waals surface area contributed by atoms with E-state index in [1.54, 1.807) is 29.2 Å². The molecule has 1 fully saturated rings. The van der Waals surface area contributed by atoms with Gasteiger partial charge in [-0.25, -0.2) is 16.8 Å². The summed E-state index contributed by atoms with van der Waals surface area (Å²) in [6.45, 7) is 0.783. The minimum Gasteiger partial charge on any atom is -0.339 e. The summed E-state index contributed by atoms with van der Waals surface area (Å²) in [5.41, 5.74) is 1.89. The number of carbonyl (C=O) groups excluding carboxylic acids is 1. The third-order valence-corrected chi connectivity index (χ3v) is 8.16. The van der Waals surface area contributed by atoms with Gasteiger partial charge in [0.05, 0.1) is 16.8 Å². The zero-order valence-electron chi connectivity index (χ0n) is 16.3. The van der Waals surface area contributed by atoms with Crippen molar-refractivity contribution in [3.8, 4) is 0 Å². The van der Waals surface area contributed by atoms with E-state index in [-0.39, 0.29) is 17.4 Å². The molecule has 0 bridgehead atoms. The average Bonchev–Trinajstić information content (AvgIpc) is 2.67. The largest absolute Gasteiger partial charge is 0.339 e. The van der Waals surface area contributed by atoms with Gasteiger partial charge in [0.15, 0.2) is 19.7 Å². The van der Waals surface area contributed by atoms with Crippen LogP contribution in [0.3, 0.4) is 0 Å². The molecular formula is C21H25NO5S2. The first-order valence-electron chi connectivity index (χ1n) is 9.45. The Labute approximate surface area is 172 Å². The standard InChI is InChI=1S/C21H25NO5S2/c1-28(24,25)15-18-7-9-19(10-8-18)21(23)22-13-11-20(12-14-22)29(26,27)16-17-5-3-2-4-6-17/h2-10,20H,11-16H2,1H3. The number of rotatable bonds is 6. The number of hydrogen-bond donors (Lipinski definition) is 0. The molecule has 2 aromatic carbocycles. The second-order valence-electron chi connectivity index (χ2n) is 7.55. The third kappa shape index (κ3) is 5.90. The van der Waals surface area contributed by atoms with Crippen molar-refractivity contribution < 1.29 is 21.6 Å². The van der Waals surface area contributed by atoms with Gasteiger partial charge in [0.2, 0.25) is 0 Å². The number of piperidine rings is 1. The van der Waals surface area contributed by atoms with Crippen molar-refractivity contribution in [1.29, 1.82) is 0 Å². The Balaban J connectivity index is 1.59. The number of sulfone groups is 2. The lowest BCUT2D eigenvalue weighted by atomic mass is 10.1. The number of amides is 1. The molecule has 1 saturated heterocycles. The van der Waals surface area contributed by atoms with E-state index in [1.807, 2.05) is 30.3 Å². The fourth-order valence-corrected chi connectivity index (χ4v) is 6.19. The fourth-order valence-electron chi connectivity index (χ4n) is 3.57. The van der Waals surface area contributed by atoms with Crippen LogP contribution in [0.1, 0.15) is 34.3 Å². The highest BCUT2D eigenvalue weighted by Gasteiger charge is 2.31. The summed E-state index contributed by atoms with van der Waals surface area (Å²) in [4.78, 5) is 14.4. The molecule has 0 aliphatic carbocycles. The number of nitrogens with zero attached hydrogens (tertiary/aromatic N) is 1. The molecular weight excluding hydrogens is 410 g/mol. The Bertz CT molecular complexity index is 1050. The van der Waals surface area contributed by atoms with Gasteiger partial charge in [0.1, 0.15) is 0 Å². The van der Waals surface area contributed by atoms with E-state index in [1.165, 1.54) is 6.26 Å². The fraction of sp³-hybridized carbons (Fsp3) is 0.381. The predicted molar refractivity (Wildman–Crippen MR) is 113 cm³/mol. The van der Waals surface area contributed by atoms with Crippen LogP contribution >= 0.6 is 0 Å². The number of benzene rings is 2. The topological polar surface area (TPSA) is 88.6 Å².